The molecule has 6 nitrogen and oxygen atoms in total. The summed E-state index contributed by atoms with van der Waals surface area (Å²) in [6.45, 7) is 4.97. The summed E-state index contributed by atoms with van der Waals surface area (Å²) in [7, 11) is 0. The zero-order valence-electron chi connectivity index (χ0n) is 11.5. The predicted octanol–water partition coefficient (Wildman–Crippen LogP) is 0.587. The molecule has 1 aliphatic carbocycles. The monoisotopic (exact) mass is 269 g/mol. The van der Waals surface area contributed by atoms with Crippen molar-refractivity contribution in [3.8, 4) is 0 Å². The highest BCUT2D eigenvalue weighted by atomic mass is 16.4. The minimum atomic E-state index is -0.804. The van der Waals surface area contributed by atoms with Crippen molar-refractivity contribution in [2.75, 3.05) is 32.7 Å². The molecule has 1 saturated heterocycles. The number of nitrogens with zero attached hydrogens (tertiary/aromatic N) is 2. The van der Waals surface area contributed by atoms with E-state index >= 15 is 0 Å². The van der Waals surface area contributed by atoms with Crippen molar-refractivity contribution in [3.05, 3.63) is 0 Å². The molecule has 2 rings (SSSR count). The highest BCUT2D eigenvalue weighted by Gasteiger charge is 2.28. The van der Waals surface area contributed by atoms with E-state index in [9.17, 15) is 9.59 Å². The first-order chi connectivity index (χ1) is 9.04. The third-order valence-corrected chi connectivity index (χ3v) is 3.94. The number of hydrogen-bond donors (Lipinski definition) is 2. The minimum Gasteiger partial charge on any atom is -0.480 e. The Kier molecular flexibility index (Phi) is 4.63. The number of urea groups is 1. The Labute approximate surface area is 113 Å². The molecule has 0 aromatic rings. The van der Waals surface area contributed by atoms with Gasteiger partial charge in [-0.1, -0.05) is 6.92 Å². The number of rotatable bonds is 3. The summed E-state index contributed by atoms with van der Waals surface area (Å²) < 4.78 is 0. The molecule has 2 fully saturated rings. The summed E-state index contributed by atoms with van der Waals surface area (Å²) in [6.07, 6.45) is 2.98. The molecular formula is C13H23N3O3. The van der Waals surface area contributed by atoms with Gasteiger partial charge in [0.25, 0.3) is 0 Å². The molecule has 0 radical (unpaired) electrons. The van der Waals surface area contributed by atoms with Crippen LogP contribution < -0.4 is 5.32 Å². The van der Waals surface area contributed by atoms with E-state index in [1.165, 1.54) is 0 Å². The molecule has 19 heavy (non-hydrogen) atoms. The minimum absolute atomic E-state index is 0.00840. The molecule has 0 unspecified atom stereocenters. The van der Waals surface area contributed by atoms with Crippen LogP contribution >= 0.6 is 0 Å². The largest absolute Gasteiger partial charge is 0.480 e. The molecule has 0 aromatic heterocycles. The number of hydrogen-bond acceptors (Lipinski definition) is 3. The number of carbonyl (C=O) groups excluding carboxylic acids is 1. The molecule has 108 valence electrons. The highest BCUT2D eigenvalue weighted by Crippen LogP contribution is 2.26. The van der Waals surface area contributed by atoms with Crippen molar-refractivity contribution in [1.29, 1.82) is 0 Å². The average Bonchev–Trinajstić information content (AvgIpc) is 2.52. The Hall–Kier alpha value is -1.30. The van der Waals surface area contributed by atoms with E-state index in [0.717, 1.165) is 31.7 Å². The fourth-order valence-electron chi connectivity index (χ4n) is 2.81. The topological polar surface area (TPSA) is 72.9 Å². The summed E-state index contributed by atoms with van der Waals surface area (Å²) in [5, 5.41) is 11.8. The van der Waals surface area contributed by atoms with E-state index in [1.54, 1.807) is 0 Å². The Morgan fingerprint density at radius 3 is 2.58 bits per heavy atom. The van der Waals surface area contributed by atoms with Gasteiger partial charge in [-0.3, -0.25) is 9.69 Å². The van der Waals surface area contributed by atoms with Crippen LogP contribution in [0.1, 0.15) is 26.2 Å². The number of nitrogens with one attached hydrogen (secondary N) is 1. The van der Waals surface area contributed by atoms with Gasteiger partial charge in [0.15, 0.2) is 0 Å². The summed E-state index contributed by atoms with van der Waals surface area (Å²) >= 11 is 0. The SMILES string of the molecule is CC1CC(NC(=O)N2CCCN(CC(=O)O)CC2)C1. The molecule has 0 aromatic carbocycles. The van der Waals surface area contributed by atoms with Crippen molar-refractivity contribution < 1.29 is 14.7 Å². The van der Waals surface area contributed by atoms with Crippen molar-refractivity contribution in [2.24, 2.45) is 5.92 Å². The summed E-state index contributed by atoms with van der Waals surface area (Å²) in [4.78, 5) is 26.5. The lowest BCUT2D eigenvalue weighted by molar-refractivity contribution is -0.138. The zero-order valence-corrected chi connectivity index (χ0v) is 11.5. The van der Waals surface area contributed by atoms with E-state index in [1.807, 2.05) is 9.80 Å². The molecule has 1 saturated carbocycles. The number of carbonyl (C=O) groups is 2. The number of amides is 2. The molecule has 1 aliphatic heterocycles. The standard InChI is InChI=1S/C13H23N3O3/c1-10-7-11(8-10)14-13(19)16-4-2-3-15(5-6-16)9-12(17)18/h10-11H,2-9H2,1H3,(H,14,19)(H,17,18). The lowest BCUT2D eigenvalue weighted by Gasteiger charge is -2.35. The number of aliphatic carboxylic acids is 1. The molecule has 2 amide bonds. The molecule has 6 heteroatoms. The van der Waals surface area contributed by atoms with Crippen LogP contribution in [-0.4, -0.2) is 65.7 Å². The fraction of sp³-hybridized carbons (Fsp3) is 0.846. The molecule has 2 aliphatic rings. The van der Waals surface area contributed by atoms with Gasteiger partial charge < -0.3 is 15.3 Å². The lowest BCUT2D eigenvalue weighted by Crippen LogP contribution is -2.50. The number of carboxylic acids is 1. The van der Waals surface area contributed by atoms with E-state index in [0.29, 0.717) is 25.7 Å². The van der Waals surface area contributed by atoms with Gasteiger partial charge in [-0.2, -0.15) is 0 Å². The Morgan fingerprint density at radius 1 is 1.21 bits per heavy atom. The van der Waals surface area contributed by atoms with Gasteiger partial charge in [0, 0.05) is 32.2 Å². The second-order valence-electron chi connectivity index (χ2n) is 5.73. The Bertz CT molecular complexity index is 342. The maximum atomic E-state index is 12.1. The van der Waals surface area contributed by atoms with Crippen LogP contribution in [0.3, 0.4) is 0 Å². The molecule has 2 N–H and O–H groups in total. The first-order valence-electron chi connectivity index (χ1n) is 7.04. The van der Waals surface area contributed by atoms with Crippen LogP contribution in [0.15, 0.2) is 0 Å². The van der Waals surface area contributed by atoms with Gasteiger partial charge in [0.1, 0.15) is 0 Å². The maximum Gasteiger partial charge on any atom is 0.317 e. The first-order valence-corrected chi connectivity index (χ1v) is 7.04. The van der Waals surface area contributed by atoms with Crippen LogP contribution in [0.25, 0.3) is 0 Å². The molecule has 1 heterocycles. The van der Waals surface area contributed by atoms with Crippen molar-refractivity contribution in [1.82, 2.24) is 15.1 Å². The van der Waals surface area contributed by atoms with Crippen molar-refractivity contribution in [2.45, 2.75) is 32.2 Å². The van der Waals surface area contributed by atoms with Crippen molar-refractivity contribution >= 4 is 12.0 Å². The van der Waals surface area contributed by atoms with E-state index in [-0.39, 0.29) is 12.6 Å². The predicted molar refractivity (Wildman–Crippen MR) is 71.0 cm³/mol. The highest BCUT2D eigenvalue weighted by molar-refractivity contribution is 5.74. The number of carboxylic acid groups (broad SMARTS) is 1. The lowest BCUT2D eigenvalue weighted by atomic mass is 9.82. The summed E-state index contributed by atoms with van der Waals surface area (Å²) in [5.41, 5.74) is 0. The summed E-state index contributed by atoms with van der Waals surface area (Å²) in [5.74, 6) is -0.0816. The van der Waals surface area contributed by atoms with Gasteiger partial charge in [-0.25, -0.2) is 4.79 Å². The van der Waals surface area contributed by atoms with Gasteiger partial charge in [-0.15, -0.1) is 0 Å². The van der Waals surface area contributed by atoms with Crippen molar-refractivity contribution in [3.63, 3.8) is 0 Å². The first kappa shape index (κ1) is 14.1. The fourth-order valence-corrected chi connectivity index (χ4v) is 2.81. The molecule has 0 spiro atoms. The smallest absolute Gasteiger partial charge is 0.317 e. The van der Waals surface area contributed by atoms with Crippen LogP contribution in [-0.2, 0) is 4.79 Å². The quantitative estimate of drug-likeness (QED) is 0.786. The third kappa shape index (κ3) is 4.09. The molecule has 0 bridgehead atoms. The third-order valence-electron chi connectivity index (χ3n) is 3.94. The maximum absolute atomic E-state index is 12.1. The van der Waals surface area contributed by atoms with Gasteiger partial charge >= 0.3 is 12.0 Å². The van der Waals surface area contributed by atoms with Gasteiger partial charge in [0.2, 0.25) is 0 Å². The van der Waals surface area contributed by atoms with Crippen LogP contribution in [0, 0.1) is 5.92 Å². The second kappa shape index (κ2) is 6.23. The average molecular weight is 269 g/mol. The normalized spacial score (nSPS) is 28.4. The molecule has 0 atom stereocenters. The molecular weight excluding hydrogens is 246 g/mol. The van der Waals surface area contributed by atoms with E-state index < -0.39 is 5.97 Å². The van der Waals surface area contributed by atoms with Crippen LogP contribution in [0.2, 0.25) is 0 Å². The second-order valence-corrected chi connectivity index (χ2v) is 5.73. The van der Waals surface area contributed by atoms with Gasteiger partial charge in [-0.05, 0) is 25.2 Å². The zero-order chi connectivity index (χ0) is 13.8. The Morgan fingerprint density at radius 2 is 1.95 bits per heavy atom. The van der Waals surface area contributed by atoms with Gasteiger partial charge in [0.05, 0.1) is 6.54 Å². The van der Waals surface area contributed by atoms with Crippen LogP contribution in [0.5, 0.6) is 0 Å². The van der Waals surface area contributed by atoms with E-state index in [4.69, 9.17) is 5.11 Å². The van der Waals surface area contributed by atoms with E-state index in [2.05, 4.69) is 12.2 Å². The van der Waals surface area contributed by atoms with Crippen LogP contribution in [0.4, 0.5) is 4.79 Å². The Balaban J connectivity index is 1.75. The summed E-state index contributed by atoms with van der Waals surface area (Å²) in [6, 6.07) is 0.343.